The molecular formula is C8H2ClF13O. The van der Waals surface area contributed by atoms with Gasteiger partial charge in [-0.15, -0.1) is 0 Å². The molecule has 23 heavy (non-hydrogen) atoms. The number of alkyl halides is 13. The van der Waals surface area contributed by atoms with Gasteiger partial charge in [0.05, 0.1) is 0 Å². The van der Waals surface area contributed by atoms with Crippen LogP contribution in [0.15, 0.2) is 10.8 Å². The van der Waals surface area contributed by atoms with Crippen LogP contribution in [-0.2, 0) is 4.74 Å². The van der Waals surface area contributed by atoms with Gasteiger partial charge in [0.15, 0.2) is 5.03 Å². The van der Waals surface area contributed by atoms with Gasteiger partial charge in [-0.25, -0.2) is 4.39 Å². The van der Waals surface area contributed by atoms with Crippen LogP contribution < -0.4 is 0 Å². The smallest absolute Gasteiger partial charge is 0.450 e. The number of hydrogen-bond acceptors (Lipinski definition) is 1. The van der Waals surface area contributed by atoms with Crippen LogP contribution in [0.1, 0.15) is 0 Å². The molecule has 0 spiro atoms. The second kappa shape index (κ2) is 6.09. The molecule has 138 valence electrons. The molecular weight excluding hydrogens is 395 g/mol. The summed E-state index contributed by atoms with van der Waals surface area (Å²) in [6.07, 6.45) is -25.9. The molecule has 0 aromatic rings. The molecule has 15 heteroatoms. The van der Waals surface area contributed by atoms with Gasteiger partial charge in [0, 0.05) is 0 Å². The van der Waals surface area contributed by atoms with E-state index in [1.165, 1.54) is 0 Å². The highest BCUT2D eigenvalue weighted by atomic mass is 35.5. The molecule has 0 atom stereocenters. The number of rotatable bonds is 3. The second-order valence-electron chi connectivity index (χ2n) is 3.72. The van der Waals surface area contributed by atoms with E-state index in [4.69, 9.17) is 0 Å². The first-order valence-corrected chi connectivity index (χ1v) is 5.12. The van der Waals surface area contributed by atoms with E-state index in [1.54, 1.807) is 0 Å². The van der Waals surface area contributed by atoms with Gasteiger partial charge >= 0.3 is 30.4 Å². The van der Waals surface area contributed by atoms with Gasteiger partial charge in [-0.2, -0.15) is 52.7 Å². The predicted molar refractivity (Wildman–Crippen MR) is 46.9 cm³/mol. The summed E-state index contributed by atoms with van der Waals surface area (Å²) < 4.78 is 161. The largest absolute Gasteiger partial charge is 0.484 e. The minimum absolute atomic E-state index is 2.80. The first-order chi connectivity index (χ1) is 9.75. The molecule has 0 aromatic carbocycles. The van der Waals surface area contributed by atoms with E-state index in [-0.39, 0.29) is 0 Å². The van der Waals surface area contributed by atoms with E-state index in [0.29, 0.717) is 0 Å². The zero-order valence-corrected chi connectivity index (χ0v) is 10.7. The first-order valence-electron chi connectivity index (χ1n) is 4.74. The third-order valence-electron chi connectivity index (χ3n) is 2.02. The Labute approximate surface area is 122 Å². The molecule has 0 aromatic heterocycles. The summed E-state index contributed by atoms with van der Waals surface area (Å²) in [5, 5.41) is -3.20. The third-order valence-corrected chi connectivity index (χ3v) is 2.41. The number of halogens is 14. The van der Waals surface area contributed by atoms with Crippen LogP contribution in [0.25, 0.3) is 0 Å². The molecule has 0 rings (SSSR count). The fraction of sp³-hybridized carbons (Fsp3) is 0.750. The van der Waals surface area contributed by atoms with Crippen molar-refractivity contribution in [3.8, 4) is 0 Å². The number of allylic oxidation sites excluding steroid dienone is 2. The van der Waals surface area contributed by atoms with Crippen molar-refractivity contribution in [2.75, 3.05) is 6.61 Å². The van der Waals surface area contributed by atoms with Gasteiger partial charge in [0.25, 0.3) is 0 Å². The molecule has 0 bridgehead atoms. The van der Waals surface area contributed by atoms with E-state index in [9.17, 15) is 57.1 Å². The Morgan fingerprint density at radius 2 is 1.00 bits per heavy atom. The zero-order valence-electron chi connectivity index (χ0n) is 9.91. The van der Waals surface area contributed by atoms with Gasteiger partial charge in [-0.3, -0.25) is 0 Å². The van der Waals surface area contributed by atoms with E-state index in [2.05, 4.69) is 16.3 Å². The van der Waals surface area contributed by atoms with Gasteiger partial charge in [-0.05, 0) is 0 Å². The van der Waals surface area contributed by atoms with Crippen molar-refractivity contribution in [3.63, 3.8) is 0 Å². The summed E-state index contributed by atoms with van der Waals surface area (Å²) in [7, 11) is 0. The summed E-state index contributed by atoms with van der Waals surface area (Å²) in [5.74, 6) is -3.44. The fourth-order valence-corrected chi connectivity index (χ4v) is 1.06. The molecule has 0 aliphatic carbocycles. The minimum atomic E-state index is -6.81. The van der Waals surface area contributed by atoms with Crippen molar-refractivity contribution in [2.45, 2.75) is 30.4 Å². The highest BCUT2D eigenvalue weighted by Crippen LogP contribution is 2.48. The third kappa shape index (κ3) is 4.94. The molecule has 0 saturated carbocycles. The van der Waals surface area contributed by atoms with Crippen molar-refractivity contribution in [3.05, 3.63) is 10.8 Å². The van der Waals surface area contributed by atoms with Crippen LogP contribution in [0.5, 0.6) is 0 Å². The first kappa shape index (κ1) is 21.9. The molecule has 0 aliphatic heterocycles. The summed E-state index contributed by atoms with van der Waals surface area (Å²) in [6, 6.07) is 0. The van der Waals surface area contributed by atoms with Crippen molar-refractivity contribution in [2.24, 2.45) is 0 Å². The van der Waals surface area contributed by atoms with Gasteiger partial charge in [-0.1, -0.05) is 11.6 Å². The van der Waals surface area contributed by atoms with Crippen molar-refractivity contribution < 1.29 is 61.8 Å². The van der Waals surface area contributed by atoms with Crippen LogP contribution in [0.3, 0.4) is 0 Å². The maximum Gasteiger partial charge on any atom is 0.450 e. The lowest BCUT2D eigenvalue weighted by atomic mass is 10.1. The lowest BCUT2D eigenvalue weighted by Gasteiger charge is -2.30. The summed E-state index contributed by atoms with van der Waals surface area (Å²) in [5.41, 5.74) is -6.35. The van der Waals surface area contributed by atoms with Crippen molar-refractivity contribution >= 4 is 11.6 Å². The fourth-order valence-electron chi connectivity index (χ4n) is 0.894. The maximum absolute atomic E-state index is 13.0. The molecule has 0 fully saturated rings. The normalized spacial score (nSPS) is 16.3. The molecule has 0 heterocycles. The van der Waals surface area contributed by atoms with E-state index in [1.807, 2.05) is 0 Å². The average molecular weight is 397 g/mol. The summed E-state index contributed by atoms with van der Waals surface area (Å²) in [4.78, 5) is 0. The van der Waals surface area contributed by atoms with Crippen LogP contribution in [0.4, 0.5) is 57.1 Å². The second-order valence-corrected chi connectivity index (χ2v) is 4.10. The van der Waals surface area contributed by atoms with Crippen LogP contribution in [-0.4, -0.2) is 37.0 Å². The zero-order chi connectivity index (χ0) is 19.1. The van der Waals surface area contributed by atoms with Crippen molar-refractivity contribution in [1.82, 2.24) is 0 Å². The SMILES string of the molecule is FC(F)(F)/C(Cl)=C(\OCC(F)(C(F)(F)F)C(F)(F)F)C(F)(F)F. The molecule has 0 N–H and O–H groups in total. The van der Waals surface area contributed by atoms with Crippen LogP contribution in [0, 0.1) is 0 Å². The Balaban J connectivity index is 5.84. The lowest BCUT2D eigenvalue weighted by Crippen LogP contribution is -2.56. The topological polar surface area (TPSA) is 9.23 Å². The number of hydrogen-bond donors (Lipinski definition) is 0. The standard InChI is InChI=1S/C8H2ClF13O/c9-2(5(11,12)13)3(6(14,15)16)23-1-4(10,7(17,18)19)8(20,21)22/h1H2/b3-2+. The quantitative estimate of drug-likeness (QED) is 0.458. The highest BCUT2D eigenvalue weighted by molar-refractivity contribution is 6.30. The number of ether oxygens (including phenoxy) is 1. The molecule has 0 amide bonds. The molecule has 0 radical (unpaired) electrons. The monoisotopic (exact) mass is 396 g/mol. The Kier molecular flexibility index (Phi) is 5.80. The minimum Gasteiger partial charge on any atom is -0.484 e. The van der Waals surface area contributed by atoms with Crippen LogP contribution >= 0.6 is 11.6 Å². The summed E-state index contributed by atoms with van der Waals surface area (Å²) in [6.45, 7) is -3.47. The molecule has 0 unspecified atom stereocenters. The average Bonchev–Trinajstić information content (AvgIpc) is 2.22. The Morgan fingerprint density at radius 3 is 1.22 bits per heavy atom. The Morgan fingerprint density at radius 1 is 0.652 bits per heavy atom. The molecule has 0 aliphatic rings. The maximum atomic E-state index is 13.0. The predicted octanol–water partition coefficient (Wildman–Crippen LogP) is 5.41. The lowest BCUT2D eigenvalue weighted by molar-refractivity contribution is -0.351. The highest BCUT2D eigenvalue weighted by Gasteiger charge is 2.73. The van der Waals surface area contributed by atoms with E-state index >= 15 is 0 Å². The van der Waals surface area contributed by atoms with Gasteiger partial charge in [0.2, 0.25) is 5.76 Å². The molecule has 1 nitrogen and oxygen atoms in total. The molecule has 0 saturated heterocycles. The van der Waals surface area contributed by atoms with Gasteiger partial charge < -0.3 is 4.74 Å². The van der Waals surface area contributed by atoms with Gasteiger partial charge in [0.1, 0.15) is 6.61 Å². The Hall–Kier alpha value is -1.08. The van der Waals surface area contributed by atoms with E-state index in [0.717, 1.165) is 0 Å². The Bertz CT molecular complexity index is 437. The van der Waals surface area contributed by atoms with E-state index < -0.39 is 47.8 Å². The van der Waals surface area contributed by atoms with Crippen molar-refractivity contribution in [1.29, 1.82) is 0 Å². The van der Waals surface area contributed by atoms with Crippen LogP contribution in [0.2, 0.25) is 0 Å². The summed E-state index contributed by atoms with van der Waals surface area (Å²) >= 11 is 4.19.